The molecular formula is C34H35N3O7. The van der Waals surface area contributed by atoms with Gasteiger partial charge in [0.2, 0.25) is 18.6 Å². The van der Waals surface area contributed by atoms with Gasteiger partial charge in [-0.3, -0.25) is 28.9 Å². The normalized spacial score (nSPS) is 13.9. The lowest BCUT2D eigenvalue weighted by Crippen LogP contribution is -2.48. The van der Waals surface area contributed by atoms with Gasteiger partial charge >= 0.3 is 0 Å². The average Bonchev–Trinajstić information content (AvgIpc) is 3.60. The molecule has 228 valence electrons. The molecule has 2 aliphatic heterocycles. The van der Waals surface area contributed by atoms with Gasteiger partial charge in [0.15, 0.2) is 17.3 Å². The number of aryl methyl sites for hydroxylation is 1. The highest BCUT2D eigenvalue weighted by Crippen LogP contribution is 2.32. The Hall–Kier alpha value is -4.99. The Morgan fingerprint density at radius 3 is 2.25 bits per heavy atom. The first-order chi connectivity index (χ1) is 21.3. The third-order valence-corrected chi connectivity index (χ3v) is 7.70. The molecule has 5 rings (SSSR count). The molecule has 4 amide bonds. The van der Waals surface area contributed by atoms with Crippen LogP contribution in [0.5, 0.6) is 11.5 Å². The number of nitrogens with one attached hydrogen (secondary N) is 1. The zero-order valence-corrected chi connectivity index (χ0v) is 24.6. The van der Waals surface area contributed by atoms with Crippen molar-refractivity contribution in [3.05, 3.63) is 95.1 Å². The average molecular weight is 598 g/mol. The van der Waals surface area contributed by atoms with E-state index in [0.29, 0.717) is 42.0 Å². The highest BCUT2D eigenvalue weighted by Gasteiger charge is 2.35. The molecule has 0 unspecified atom stereocenters. The van der Waals surface area contributed by atoms with Crippen molar-refractivity contribution in [2.45, 2.75) is 45.1 Å². The Morgan fingerprint density at radius 1 is 0.864 bits per heavy atom. The van der Waals surface area contributed by atoms with Gasteiger partial charge in [0.25, 0.3) is 11.8 Å². The van der Waals surface area contributed by atoms with Crippen LogP contribution in [-0.2, 0) is 27.2 Å². The Bertz CT molecular complexity index is 1520. The van der Waals surface area contributed by atoms with Crippen molar-refractivity contribution < 1.29 is 33.4 Å². The van der Waals surface area contributed by atoms with Crippen LogP contribution in [-0.4, -0.2) is 71.7 Å². The van der Waals surface area contributed by atoms with Gasteiger partial charge in [-0.15, -0.1) is 0 Å². The van der Waals surface area contributed by atoms with Crippen molar-refractivity contribution in [3.63, 3.8) is 0 Å². The number of nitrogens with zero attached hydrogens (tertiary/aromatic N) is 2. The van der Waals surface area contributed by atoms with E-state index in [2.05, 4.69) is 5.32 Å². The highest BCUT2D eigenvalue weighted by molar-refractivity contribution is 6.21. The summed E-state index contributed by atoms with van der Waals surface area (Å²) in [5.41, 5.74) is 2.41. The van der Waals surface area contributed by atoms with Crippen molar-refractivity contribution in [2.24, 2.45) is 0 Å². The van der Waals surface area contributed by atoms with Gasteiger partial charge < -0.3 is 19.7 Å². The van der Waals surface area contributed by atoms with Crippen LogP contribution in [0.4, 0.5) is 0 Å². The predicted molar refractivity (Wildman–Crippen MR) is 161 cm³/mol. The second-order valence-electron chi connectivity index (χ2n) is 10.8. The fourth-order valence-electron chi connectivity index (χ4n) is 5.38. The second-order valence-corrected chi connectivity index (χ2v) is 10.8. The Balaban J connectivity index is 1.21. The molecule has 3 aromatic carbocycles. The zero-order valence-electron chi connectivity index (χ0n) is 24.6. The van der Waals surface area contributed by atoms with Crippen LogP contribution in [0.3, 0.4) is 0 Å². The van der Waals surface area contributed by atoms with Crippen LogP contribution in [0.1, 0.15) is 58.0 Å². The molecule has 0 saturated carbocycles. The maximum Gasteiger partial charge on any atom is 0.261 e. The number of hydrogen-bond donors (Lipinski definition) is 1. The Kier molecular flexibility index (Phi) is 9.69. The highest BCUT2D eigenvalue weighted by atomic mass is 16.7. The largest absolute Gasteiger partial charge is 0.454 e. The molecule has 0 aliphatic carbocycles. The number of rotatable bonds is 14. The van der Waals surface area contributed by atoms with Crippen molar-refractivity contribution in [3.8, 4) is 11.5 Å². The number of Topliss-reactive ketones (excluding diaryl/α,β-unsaturated/α-hetero) is 1. The molecule has 2 heterocycles. The molecule has 44 heavy (non-hydrogen) atoms. The van der Waals surface area contributed by atoms with Crippen molar-refractivity contribution in [1.29, 1.82) is 0 Å². The number of carbonyl (C=O) groups is 5. The van der Waals surface area contributed by atoms with Crippen molar-refractivity contribution >= 4 is 29.4 Å². The predicted octanol–water partition coefficient (Wildman–Crippen LogP) is 3.57. The molecule has 1 N–H and O–H groups in total. The molecule has 0 bridgehead atoms. The first-order valence-electron chi connectivity index (χ1n) is 14.8. The smallest absolute Gasteiger partial charge is 0.261 e. The monoisotopic (exact) mass is 597 g/mol. The number of amides is 4. The van der Waals surface area contributed by atoms with E-state index < -0.39 is 23.8 Å². The number of fused-ring (bicyclic) bond motifs is 2. The fraction of sp³-hybridized carbons (Fsp3) is 0.324. The summed E-state index contributed by atoms with van der Waals surface area (Å²) < 4.78 is 10.8. The minimum Gasteiger partial charge on any atom is -0.454 e. The molecular weight excluding hydrogens is 562 g/mol. The molecule has 0 fully saturated rings. The maximum absolute atomic E-state index is 13.6. The molecule has 0 radical (unpaired) electrons. The molecule has 10 heteroatoms. The van der Waals surface area contributed by atoms with Gasteiger partial charge in [0.1, 0.15) is 0 Å². The van der Waals surface area contributed by atoms with Gasteiger partial charge in [0, 0.05) is 25.9 Å². The lowest BCUT2D eigenvalue weighted by Gasteiger charge is -2.25. The summed E-state index contributed by atoms with van der Waals surface area (Å²) in [7, 11) is 0. The number of ketones is 1. The van der Waals surface area contributed by atoms with E-state index in [-0.39, 0.29) is 50.8 Å². The third kappa shape index (κ3) is 7.14. The topological polar surface area (TPSA) is 122 Å². The fourth-order valence-corrected chi connectivity index (χ4v) is 5.38. The summed E-state index contributed by atoms with van der Waals surface area (Å²) in [5, 5.41) is 2.81. The molecule has 0 saturated heterocycles. The molecule has 0 aromatic heterocycles. The summed E-state index contributed by atoms with van der Waals surface area (Å²) in [6, 6.07) is 20.5. The minimum absolute atomic E-state index is 0.106. The van der Waals surface area contributed by atoms with Gasteiger partial charge in [-0.05, 0) is 54.7 Å². The molecule has 3 aromatic rings. The first kappa shape index (κ1) is 30.5. The number of benzene rings is 3. The number of carbonyl (C=O) groups excluding carboxylic acids is 5. The van der Waals surface area contributed by atoms with Crippen LogP contribution in [0.25, 0.3) is 0 Å². The van der Waals surface area contributed by atoms with Crippen LogP contribution in [0, 0.1) is 0 Å². The lowest BCUT2D eigenvalue weighted by molar-refractivity contribution is -0.136. The van der Waals surface area contributed by atoms with E-state index in [1.54, 1.807) is 24.3 Å². The lowest BCUT2D eigenvalue weighted by atomic mass is 10.0. The van der Waals surface area contributed by atoms with Gasteiger partial charge in [-0.1, -0.05) is 55.5 Å². The van der Waals surface area contributed by atoms with E-state index in [9.17, 15) is 24.0 Å². The Labute approximate surface area is 255 Å². The van der Waals surface area contributed by atoms with E-state index in [0.717, 1.165) is 16.0 Å². The Morgan fingerprint density at radius 2 is 1.55 bits per heavy atom. The van der Waals surface area contributed by atoms with Gasteiger partial charge in [-0.25, -0.2) is 0 Å². The van der Waals surface area contributed by atoms with E-state index in [1.165, 1.54) is 4.90 Å². The standard InChI is InChI=1S/C34H35N3O7/c1-2-17-36(32(40)15-13-24-12-14-29-30(20-24)44-22-43-29)21-28(38)27(19-23-8-4-3-5-9-23)35-31(39)16-18-37-33(41)25-10-6-7-11-26(25)34(37)42/h3-12,14,20,27H,2,13,15-19,21-22H2,1H3,(H,35,39)/t27-/m0/s1. The molecule has 10 nitrogen and oxygen atoms in total. The van der Waals surface area contributed by atoms with E-state index in [1.807, 2.05) is 55.5 Å². The summed E-state index contributed by atoms with van der Waals surface area (Å²) in [6.07, 6.45) is 1.44. The van der Waals surface area contributed by atoms with Crippen LogP contribution in [0.2, 0.25) is 0 Å². The summed E-state index contributed by atoms with van der Waals surface area (Å²) in [6.45, 7) is 2.25. The van der Waals surface area contributed by atoms with Gasteiger partial charge in [-0.2, -0.15) is 0 Å². The summed E-state index contributed by atoms with van der Waals surface area (Å²) in [4.78, 5) is 67.9. The van der Waals surface area contributed by atoms with Crippen LogP contribution in [0.15, 0.2) is 72.8 Å². The summed E-state index contributed by atoms with van der Waals surface area (Å²) in [5.74, 6) is -0.478. The van der Waals surface area contributed by atoms with Crippen molar-refractivity contribution in [2.75, 3.05) is 26.4 Å². The molecule has 1 atom stereocenters. The van der Waals surface area contributed by atoms with Crippen LogP contribution >= 0.6 is 0 Å². The second kappa shape index (κ2) is 14.0. The van der Waals surface area contributed by atoms with E-state index >= 15 is 0 Å². The van der Waals surface area contributed by atoms with Gasteiger partial charge in [0.05, 0.1) is 23.7 Å². The zero-order chi connectivity index (χ0) is 31.1. The minimum atomic E-state index is -0.895. The maximum atomic E-state index is 13.6. The summed E-state index contributed by atoms with van der Waals surface area (Å²) >= 11 is 0. The number of hydrogen-bond acceptors (Lipinski definition) is 7. The van der Waals surface area contributed by atoms with Crippen LogP contribution < -0.4 is 14.8 Å². The van der Waals surface area contributed by atoms with Crippen molar-refractivity contribution in [1.82, 2.24) is 15.1 Å². The quantitative estimate of drug-likeness (QED) is 0.282. The SMILES string of the molecule is CCCN(CC(=O)[C@H](Cc1ccccc1)NC(=O)CCN1C(=O)c2ccccc2C1=O)C(=O)CCc1ccc2c(c1)OCO2. The first-order valence-corrected chi connectivity index (χ1v) is 14.8. The molecule has 0 spiro atoms. The molecule has 2 aliphatic rings. The third-order valence-electron chi connectivity index (χ3n) is 7.70. The number of ether oxygens (including phenoxy) is 2. The van der Waals surface area contributed by atoms with E-state index in [4.69, 9.17) is 9.47 Å². The number of imide groups is 1.